The summed E-state index contributed by atoms with van der Waals surface area (Å²) in [6.45, 7) is 6.38. The maximum Gasteiger partial charge on any atom is 0.230 e. The molecule has 0 bridgehead atoms. The Bertz CT molecular complexity index is 1040. The van der Waals surface area contributed by atoms with Crippen LogP contribution in [-0.2, 0) is 11.3 Å². The summed E-state index contributed by atoms with van der Waals surface area (Å²) < 4.78 is 11.9. The third kappa shape index (κ3) is 4.73. The molecule has 0 aromatic carbocycles. The molecule has 1 saturated carbocycles. The fourth-order valence-electron chi connectivity index (χ4n) is 4.81. The lowest BCUT2D eigenvalue weighted by Crippen LogP contribution is -2.46. The van der Waals surface area contributed by atoms with Crippen molar-refractivity contribution in [2.75, 3.05) is 43.5 Å². The Morgan fingerprint density at radius 2 is 2.00 bits per heavy atom. The van der Waals surface area contributed by atoms with Gasteiger partial charge in [0.25, 0.3) is 0 Å². The summed E-state index contributed by atoms with van der Waals surface area (Å²) in [4.78, 5) is 12.1. The highest BCUT2D eigenvalue weighted by molar-refractivity contribution is 7.10. The molecule has 4 heterocycles. The molecule has 172 valence electrons. The van der Waals surface area contributed by atoms with E-state index in [0.717, 1.165) is 66.7 Å². The minimum atomic E-state index is 0.0774. The summed E-state index contributed by atoms with van der Waals surface area (Å²) in [5.41, 5.74) is 2.78. The largest absolute Gasteiger partial charge is 0.395 e. The highest BCUT2D eigenvalue weighted by Gasteiger charge is 2.27. The van der Waals surface area contributed by atoms with Gasteiger partial charge in [0.1, 0.15) is 10.5 Å². The van der Waals surface area contributed by atoms with Crippen LogP contribution in [0.5, 0.6) is 0 Å². The van der Waals surface area contributed by atoms with Gasteiger partial charge in [-0.15, -0.1) is 0 Å². The Morgan fingerprint density at radius 3 is 2.72 bits per heavy atom. The Kier molecular flexibility index (Phi) is 6.54. The van der Waals surface area contributed by atoms with E-state index >= 15 is 0 Å². The van der Waals surface area contributed by atoms with E-state index in [4.69, 9.17) is 14.7 Å². The topological polar surface area (TPSA) is 100 Å². The minimum Gasteiger partial charge on any atom is -0.395 e. The lowest BCUT2D eigenvalue weighted by Gasteiger charge is -2.39. The van der Waals surface area contributed by atoms with Gasteiger partial charge in [-0.3, -0.25) is 4.90 Å². The van der Waals surface area contributed by atoms with Crippen molar-refractivity contribution in [3.8, 4) is 0 Å². The third-order valence-corrected chi connectivity index (χ3v) is 7.21. The molecule has 3 aromatic rings. The van der Waals surface area contributed by atoms with Crippen LogP contribution in [0.1, 0.15) is 31.4 Å². The van der Waals surface area contributed by atoms with E-state index in [2.05, 4.69) is 19.9 Å². The van der Waals surface area contributed by atoms with E-state index in [1.165, 1.54) is 24.4 Å². The third-order valence-electron chi connectivity index (χ3n) is 6.41. The molecule has 0 unspecified atom stereocenters. The predicted octanol–water partition coefficient (Wildman–Crippen LogP) is 2.99. The number of ether oxygens (including phenoxy) is 1. The zero-order valence-corrected chi connectivity index (χ0v) is 19.3. The second kappa shape index (κ2) is 9.70. The number of hydrogen-bond acceptors (Lipinski definition) is 9. The SMILES string of the molecule is Cc1cc(Nc2nc(N[C@H]3CC[C@H](N4CCOCC4)CC3)c3c(ccn3CCO)n2)sn1. The highest BCUT2D eigenvalue weighted by Crippen LogP contribution is 2.30. The number of nitrogens with one attached hydrogen (secondary N) is 2. The monoisotopic (exact) mass is 457 g/mol. The van der Waals surface area contributed by atoms with E-state index in [1.807, 2.05) is 29.8 Å². The second-order valence-corrected chi connectivity index (χ2v) is 9.42. The molecule has 5 rings (SSSR count). The number of aliphatic hydroxyl groups excluding tert-OH is 1. The van der Waals surface area contributed by atoms with Gasteiger partial charge in [0.2, 0.25) is 5.95 Å². The van der Waals surface area contributed by atoms with Gasteiger partial charge in [-0.2, -0.15) is 9.36 Å². The number of aromatic nitrogens is 4. The van der Waals surface area contributed by atoms with Gasteiger partial charge in [-0.25, -0.2) is 4.98 Å². The van der Waals surface area contributed by atoms with Crippen LogP contribution in [-0.4, -0.2) is 73.9 Å². The molecule has 32 heavy (non-hydrogen) atoms. The van der Waals surface area contributed by atoms with Crippen LogP contribution in [0.2, 0.25) is 0 Å². The van der Waals surface area contributed by atoms with E-state index in [9.17, 15) is 5.11 Å². The molecule has 1 saturated heterocycles. The standard InChI is InChI=1S/C22H31N7O2S/c1-15-14-19(32-27-15)25-22-24-18-6-7-29(8-11-30)20(18)21(26-22)23-16-2-4-17(5-3-16)28-9-12-31-13-10-28/h6-7,14,16-17,30H,2-5,8-13H2,1H3,(H2,23,24,25,26)/t16-,17-. The van der Waals surface area contributed by atoms with Crippen LogP contribution in [0, 0.1) is 6.92 Å². The van der Waals surface area contributed by atoms with Crippen LogP contribution in [0.25, 0.3) is 11.0 Å². The maximum atomic E-state index is 9.50. The van der Waals surface area contributed by atoms with Crippen LogP contribution < -0.4 is 10.6 Å². The highest BCUT2D eigenvalue weighted by atomic mass is 32.1. The van der Waals surface area contributed by atoms with Crippen LogP contribution in [0.15, 0.2) is 18.3 Å². The Hall–Kier alpha value is -2.27. The number of hydrogen-bond donors (Lipinski definition) is 3. The van der Waals surface area contributed by atoms with Crippen molar-refractivity contribution in [2.45, 2.75) is 51.2 Å². The van der Waals surface area contributed by atoms with Crippen molar-refractivity contribution < 1.29 is 9.84 Å². The lowest BCUT2D eigenvalue weighted by molar-refractivity contribution is 0.00791. The first-order valence-electron chi connectivity index (χ1n) is 11.5. The summed E-state index contributed by atoms with van der Waals surface area (Å²) in [7, 11) is 0. The van der Waals surface area contributed by atoms with Gasteiger partial charge in [0, 0.05) is 37.9 Å². The Morgan fingerprint density at radius 1 is 1.19 bits per heavy atom. The van der Waals surface area contributed by atoms with E-state index in [0.29, 0.717) is 24.6 Å². The smallest absolute Gasteiger partial charge is 0.230 e. The van der Waals surface area contributed by atoms with E-state index < -0.39 is 0 Å². The number of morpholine rings is 1. The first-order valence-corrected chi connectivity index (χ1v) is 12.2. The van der Waals surface area contributed by atoms with Gasteiger partial charge >= 0.3 is 0 Å². The number of fused-ring (bicyclic) bond motifs is 1. The molecular weight excluding hydrogens is 426 g/mol. The summed E-state index contributed by atoms with van der Waals surface area (Å²) in [6, 6.07) is 5.01. The fraction of sp³-hybridized carbons (Fsp3) is 0.591. The molecule has 10 heteroatoms. The average molecular weight is 458 g/mol. The van der Waals surface area contributed by atoms with Gasteiger partial charge in [-0.05, 0) is 56.3 Å². The molecule has 0 amide bonds. The molecule has 3 N–H and O–H groups in total. The number of aliphatic hydroxyl groups is 1. The van der Waals surface area contributed by atoms with Gasteiger partial charge in [0.15, 0.2) is 5.82 Å². The van der Waals surface area contributed by atoms with E-state index in [1.54, 1.807) is 0 Å². The van der Waals surface area contributed by atoms with E-state index in [-0.39, 0.29) is 6.61 Å². The maximum absolute atomic E-state index is 9.50. The van der Waals surface area contributed by atoms with Crippen molar-refractivity contribution in [3.63, 3.8) is 0 Å². The Balaban J connectivity index is 1.34. The molecule has 0 spiro atoms. The summed E-state index contributed by atoms with van der Waals surface area (Å²) >= 11 is 1.41. The molecule has 9 nitrogen and oxygen atoms in total. The summed E-state index contributed by atoms with van der Waals surface area (Å²) in [5.74, 6) is 1.39. The van der Waals surface area contributed by atoms with Gasteiger partial charge in [0.05, 0.1) is 31.0 Å². The quantitative estimate of drug-likeness (QED) is 0.498. The minimum absolute atomic E-state index is 0.0774. The van der Waals surface area contributed by atoms with Gasteiger partial charge in [-0.1, -0.05) is 0 Å². The van der Waals surface area contributed by atoms with Crippen molar-refractivity contribution in [2.24, 2.45) is 0 Å². The first kappa shape index (κ1) is 21.6. The number of aryl methyl sites for hydroxylation is 1. The van der Waals surface area contributed by atoms with Crippen LogP contribution in [0.4, 0.5) is 16.8 Å². The average Bonchev–Trinajstić information content (AvgIpc) is 3.41. The second-order valence-electron chi connectivity index (χ2n) is 8.62. The fourth-order valence-corrected chi connectivity index (χ4v) is 5.47. The zero-order chi connectivity index (χ0) is 21.9. The normalized spacial score (nSPS) is 22.3. The molecular formula is C22H31N7O2S. The molecule has 1 aliphatic heterocycles. The van der Waals surface area contributed by atoms with Crippen LogP contribution >= 0.6 is 11.5 Å². The molecule has 3 aromatic heterocycles. The van der Waals surface area contributed by atoms with Crippen molar-refractivity contribution >= 4 is 39.3 Å². The Labute approximate surface area is 192 Å². The lowest BCUT2D eigenvalue weighted by atomic mass is 9.90. The molecule has 2 aliphatic rings. The number of nitrogens with zero attached hydrogens (tertiary/aromatic N) is 5. The summed E-state index contributed by atoms with van der Waals surface area (Å²) in [5, 5.41) is 17.4. The van der Waals surface area contributed by atoms with Crippen LogP contribution in [0.3, 0.4) is 0 Å². The van der Waals surface area contributed by atoms with Crippen molar-refractivity contribution in [3.05, 3.63) is 24.0 Å². The predicted molar refractivity (Wildman–Crippen MR) is 127 cm³/mol. The number of anilines is 3. The first-order chi connectivity index (χ1) is 15.7. The van der Waals surface area contributed by atoms with Crippen molar-refractivity contribution in [1.82, 2.24) is 23.8 Å². The van der Waals surface area contributed by atoms with Crippen molar-refractivity contribution in [1.29, 1.82) is 0 Å². The molecule has 2 fully saturated rings. The molecule has 0 radical (unpaired) electrons. The zero-order valence-electron chi connectivity index (χ0n) is 18.5. The molecule has 1 aliphatic carbocycles. The van der Waals surface area contributed by atoms with Gasteiger partial charge < -0.3 is 25.0 Å². The molecule has 0 atom stereocenters. The number of rotatable bonds is 7. The summed E-state index contributed by atoms with van der Waals surface area (Å²) in [6.07, 6.45) is 6.58.